The van der Waals surface area contributed by atoms with Crippen LogP contribution in [0.15, 0.2) is 53.8 Å². The van der Waals surface area contributed by atoms with Crippen LogP contribution in [0.1, 0.15) is 24.2 Å². The molecule has 4 nitrogen and oxygen atoms in total. The van der Waals surface area contributed by atoms with Crippen LogP contribution >= 0.6 is 0 Å². The van der Waals surface area contributed by atoms with Crippen molar-refractivity contribution in [1.29, 1.82) is 0 Å². The zero-order valence-electron chi connectivity index (χ0n) is 11.3. The summed E-state index contributed by atoms with van der Waals surface area (Å²) in [6.45, 7) is 3.79. The van der Waals surface area contributed by atoms with Crippen LogP contribution in [0.4, 0.5) is 0 Å². The molecule has 1 N–H and O–H groups in total. The fraction of sp³-hybridized carbons (Fsp3) is 0.200. The molecule has 19 heavy (non-hydrogen) atoms. The number of hydrogen-bond acceptors (Lipinski definition) is 3. The first-order valence-corrected chi connectivity index (χ1v) is 5.84. The maximum atomic E-state index is 11.9. The topological polar surface area (TPSA) is 55.4 Å². The molecule has 0 aromatic heterocycles. The van der Waals surface area contributed by atoms with Crippen LogP contribution in [0.25, 0.3) is 0 Å². The average molecular weight is 259 g/mol. The van der Waals surface area contributed by atoms with Crippen molar-refractivity contribution >= 4 is 11.9 Å². The number of methoxy groups -OCH3 is 1. The van der Waals surface area contributed by atoms with Gasteiger partial charge in [-0.25, -0.2) is 4.79 Å². The lowest BCUT2D eigenvalue weighted by Gasteiger charge is -2.07. The Morgan fingerprint density at radius 2 is 1.74 bits per heavy atom. The number of hydrogen-bond donors (Lipinski definition) is 1. The second kappa shape index (κ2) is 7.16. The van der Waals surface area contributed by atoms with E-state index >= 15 is 0 Å². The molecule has 0 atom stereocenters. The minimum Gasteiger partial charge on any atom is -0.464 e. The summed E-state index contributed by atoms with van der Waals surface area (Å²) in [4.78, 5) is 23.5. The maximum Gasteiger partial charge on any atom is 0.354 e. The third-order valence-electron chi connectivity index (χ3n) is 2.27. The second-order valence-electron chi connectivity index (χ2n) is 4.14. The summed E-state index contributed by atoms with van der Waals surface area (Å²) >= 11 is 0. The highest BCUT2D eigenvalue weighted by atomic mass is 16.5. The second-order valence-corrected chi connectivity index (χ2v) is 4.14. The molecule has 0 radical (unpaired) electrons. The highest BCUT2D eigenvalue weighted by Crippen LogP contribution is 2.02. The van der Waals surface area contributed by atoms with Crippen molar-refractivity contribution in [3.05, 3.63) is 59.3 Å². The van der Waals surface area contributed by atoms with Gasteiger partial charge in [-0.3, -0.25) is 4.79 Å². The van der Waals surface area contributed by atoms with Crippen LogP contribution in [0.3, 0.4) is 0 Å². The molecular weight excluding hydrogens is 242 g/mol. The van der Waals surface area contributed by atoms with Crippen LogP contribution in [-0.2, 0) is 9.53 Å². The minimum atomic E-state index is -0.582. The Morgan fingerprint density at radius 1 is 1.11 bits per heavy atom. The van der Waals surface area contributed by atoms with E-state index in [9.17, 15) is 9.59 Å². The average Bonchev–Trinajstić information content (AvgIpc) is 2.43. The fourth-order valence-corrected chi connectivity index (χ4v) is 1.30. The van der Waals surface area contributed by atoms with Crippen molar-refractivity contribution in [2.45, 2.75) is 13.8 Å². The van der Waals surface area contributed by atoms with Gasteiger partial charge in [0.25, 0.3) is 5.91 Å². The van der Waals surface area contributed by atoms with E-state index < -0.39 is 5.97 Å². The Balaban J connectivity index is 2.90. The first kappa shape index (κ1) is 14.7. The van der Waals surface area contributed by atoms with Crippen LogP contribution in [0.5, 0.6) is 0 Å². The number of carbonyl (C=O) groups is 2. The number of carbonyl (C=O) groups excluding carboxylic acids is 2. The highest BCUT2D eigenvalue weighted by molar-refractivity contribution is 6.01. The van der Waals surface area contributed by atoms with Crippen molar-refractivity contribution in [2.24, 2.45) is 0 Å². The van der Waals surface area contributed by atoms with Gasteiger partial charge in [0.05, 0.1) is 7.11 Å². The quantitative estimate of drug-likeness (QED) is 0.513. The molecule has 0 heterocycles. The minimum absolute atomic E-state index is 0.109. The van der Waals surface area contributed by atoms with Gasteiger partial charge in [0.2, 0.25) is 0 Å². The van der Waals surface area contributed by atoms with Gasteiger partial charge in [-0.05, 0) is 32.1 Å². The van der Waals surface area contributed by atoms with Crippen molar-refractivity contribution in [3.8, 4) is 0 Å². The standard InChI is InChI=1S/C15H17NO3/c1-11(2)9-10-13(15(18)19-3)16-14(17)12-7-5-4-6-8-12/h4-10H,1-3H3,(H,16,17)/b13-10-. The summed E-state index contributed by atoms with van der Waals surface area (Å²) in [5.41, 5.74) is 1.60. The van der Waals surface area contributed by atoms with Crippen LogP contribution in [-0.4, -0.2) is 19.0 Å². The van der Waals surface area contributed by atoms with E-state index in [1.165, 1.54) is 13.2 Å². The molecular formula is C15H17NO3. The number of benzene rings is 1. The Hall–Kier alpha value is -2.36. The van der Waals surface area contributed by atoms with Crippen molar-refractivity contribution in [3.63, 3.8) is 0 Å². The van der Waals surface area contributed by atoms with Gasteiger partial charge in [0.15, 0.2) is 0 Å². The molecule has 1 aromatic rings. The van der Waals surface area contributed by atoms with Gasteiger partial charge >= 0.3 is 5.97 Å². The van der Waals surface area contributed by atoms with E-state index in [0.29, 0.717) is 5.56 Å². The molecule has 100 valence electrons. The van der Waals surface area contributed by atoms with E-state index in [-0.39, 0.29) is 11.6 Å². The van der Waals surface area contributed by atoms with Gasteiger partial charge in [-0.1, -0.05) is 29.8 Å². The van der Waals surface area contributed by atoms with E-state index in [2.05, 4.69) is 10.1 Å². The number of ether oxygens (including phenoxy) is 1. The van der Waals surface area contributed by atoms with Gasteiger partial charge in [-0.15, -0.1) is 0 Å². The predicted octanol–water partition coefficient (Wildman–Crippen LogP) is 2.44. The Morgan fingerprint density at radius 3 is 2.26 bits per heavy atom. The summed E-state index contributed by atoms with van der Waals surface area (Å²) in [5.74, 6) is -0.929. The first-order chi connectivity index (χ1) is 9.04. The third-order valence-corrected chi connectivity index (χ3v) is 2.27. The smallest absolute Gasteiger partial charge is 0.354 e. The largest absolute Gasteiger partial charge is 0.464 e. The number of amides is 1. The Labute approximate surface area is 112 Å². The summed E-state index contributed by atoms with van der Waals surface area (Å²) in [6, 6.07) is 8.67. The number of allylic oxidation sites excluding steroid dienone is 3. The van der Waals surface area contributed by atoms with Gasteiger partial charge in [-0.2, -0.15) is 0 Å². The summed E-state index contributed by atoms with van der Waals surface area (Å²) in [7, 11) is 1.27. The van der Waals surface area contributed by atoms with Crippen LogP contribution in [0, 0.1) is 0 Å². The Kier molecular flexibility index (Phi) is 5.54. The molecule has 1 aromatic carbocycles. The van der Waals surface area contributed by atoms with E-state index in [1.807, 2.05) is 19.9 Å². The van der Waals surface area contributed by atoms with Crippen LogP contribution in [0.2, 0.25) is 0 Å². The molecule has 0 fully saturated rings. The van der Waals surface area contributed by atoms with Crippen molar-refractivity contribution in [1.82, 2.24) is 5.32 Å². The lowest BCUT2D eigenvalue weighted by Crippen LogP contribution is -2.28. The molecule has 0 aliphatic rings. The summed E-state index contributed by atoms with van der Waals surface area (Å²) in [5, 5.41) is 2.54. The van der Waals surface area contributed by atoms with Gasteiger partial charge in [0, 0.05) is 5.56 Å². The lowest BCUT2D eigenvalue weighted by atomic mass is 10.2. The molecule has 4 heteroatoms. The highest BCUT2D eigenvalue weighted by Gasteiger charge is 2.13. The monoisotopic (exact) mass is 259 g/mol. The summed E-state index contributed by atoms with van der Waals surface area (Å²) < 4.78 is 4.63. The molecule has 0 aliphatic heterocycles. The number of rotatable bonds is 4. The number of nitrogens with one attached hydrogen (secondary N) is 1. The third kappa shape index (κ3) is 4.79. The molecule has 1 rings (SSSR count). The normalized spacial score (nSPS) is 10.6. The molecule has 0 saturated carbocycles. The van der Waals surface area contributed by atoms with Crippen molar-refractivity contribution < 1.29 is 14.3 Å². The Bertz CT molecular complexity index is 511. The maximum absolute atomic E-state index is 11.9. The van der Waals surface area contributed by atoms with E-state index in [1.54, 1.807) is 30.3 Å². The van der Waals surface area contributed by atoms with Gasteiger partial charge < -0.3 is 10.1 Å². The lowest BCUT2D eigenvalue weighted by molar-refractivity contribution is -0.136. The van der Waals surface area contributed by atoms with Crippen LogP contribution < -0.4 is 5.32 Å². The molecule has 0 bridgehead atoms. The van der Waals surface area contributed by atoms with Gasteiger partial charge in [0.1, 0.15) is 5.70 Å². The van der Waals surface area contributed by atoms with E-state index in [4.69, 9.17) is 0 Å². The molecule has 0 saturated heterocycles. The summed E-state index contributed by atoms with van der Waals surface area (Å²) in [6.07, 6.45) is 3.26. The van der Waals surface area contributed by atoms with E-state index in [0.717, 1.165) is 5.57 Å². The first-order valence-electron chi connectivity index (χ1n) is 5.84. The fourth-order valence-electron chi connectivity index (χ4n) is 1.30. The van der Waals surface area contributed by atoms with Crippen molar-refractivity contribution in [2.75, 3.05) is 7.11 Å². The predicted molar refractivity (Wildman–Crippen MR) is 73.4 cm³/mol. The molecule has 0 spiro atoms. The molecule has 0 aliphatic carbocycles. The molecule has 1 amide bonds. The SMILES string of the molecule is COC(=O)/C(=C/C=C(C)C)NC(=O)c1ccccc1. The number of esters is 1. The zero-order valence-corrected chi connectivity index (χ0v) is 11.3. The zero-order chi connectivity index (χ0) is 14.3. The molecule has 0 unspecified atom stereocenters.